The minimum atomic E-state index is -0.199. The average molecular weight is 294 g/mol. The summed E-state index contributed by atoms with van der Waals surface area (Å²) in [6.07, 6.45) is 7.14. The molecule has 2 aromatic rings. The van der Waals surface area contributed by atoms with Crippen molar-refractivity contribution in [3.05, 3.63) is 54.4 Å². The van der Waals surface area contributed by atoms with E-state index in [0.717, 1.165) is 24.5 Å². The molecule has 22 heavy (non-hydrogen) atoms. The average Bonchev–Trinajstić information content (AvgIpc) is 3.09. The number of anilines is 2. The molecule has 112 valence electrons. The minimum absolute atomic E-state index is 0.199. The van der Waals surface area contributed by atoms with Gasteiger partial charge < -0.3 is 10.2 Å². The first-order valence-corrected chi connectivity index (χ1v) is 7.42. The Morgan fingerprint density at radius 3 is 2.68 bits per heavy atom. The van der Waals surface area contributed by atoms with Crippen LogP contribution < -0.4 is 10.2 Å². The molecule has 1 aromatic carbocycles. The molecule has 0 radical (unpaired) electrons. The first-order chi connectivity index (χ1) is 10.8. The van der Waals surface area contributed by atoms with Crippen LogP contribution >= 0.6 is 0 Å². The van der Waals surface area contributed by atoms with Gasteiger partial charge in [0.15, 0.2) is 0 Å². The number of amides is 1. The van der Waals surface area contributed by atoms with E-state index < -0.39 is 0 Å². The van der Waals surface area contributed by atoms with E-state index in [1.165, 1.54) is 25.2 Å². The highest BCUT2D eigenvalue weighted by atomic mass is 16.1. The molecule has 5 heteroatoms. The normalized spacial score (nSPS) is 14.5. The third-order valence-electron chi connectivity index (χ3n) is 3.56. The molecule has 1 amide bonds. The molecule has 1 N–H and O–H groups in total. The van der Waals surface area contributed by atoms with Crippen LogP contribution in [0.15, 0.2) is 48.8 Å². The molecule has 0 aliphatic carbocycles. The largest absolute Gasteiger partial charge is 0.356 e. The van der Waals surface area contributed by atoms with Gasteiger partial charge in [0.2, 0.25) is 5.91 Å². The van der Waals surface area contributed by atoms with E-state index in [9.17, 15) is 4.79 Å². The second-order valence-corrected chi connectivity index (χ2v) is 5.19. The molecule has 1 saturated heterocycles. The number of nitrogens with one attached hydrogen (secondary N) is 1. The molecule has 1 aliphatic rings. The van der Waals surface area contributed by atoms with Crippen molar-refractivity contribution >= 4 is 23.6 Å². The highest BCUT2D eigenvalue weighted by Gasteiger charge is 2.14. The maximum Gasteiger partial charge on any atom is 0.249 e. The van der Waals surface area contributed by atoms with Gasteiger partial charge in [-0.2, -0.15) is 0 Å². The molecule has 1 aliphatic heterocycles. The second-order valence-electron chi connectivity index (χ2n) is 5.19. The van der Waals surface area contributed by atoms with Gasteiger partial charge in [-0.3, -0.25) is 4.79 Å². The van der Waals surface area contributed by atoms with E-state index >= 15 is 0 Å². The quantitative estimate of drug-likeness (QED) is 0.881. The molecule has 1 aromatic heterocycles. The molecule has 0 spiro atoms. The molecule has 0 atom stereocenters. The molecule has 0 saturated carbocycles. The Balaban J connectivity index is 1.64. The summed E-state index contributed by atoms with van der Waals surface area (Å²) in [5.74, 6) is 1.20. The van der Waals surface area contributed by atoms with Gasteiger partial charge in [0.05, 0.1) is 0 Å². The highest BCUT2D eigenvalue weighted by Crippen LogP contribution is 2.19. The van der Waals surface area contributed by atoms with Crippen molar-refractivity contribution in [3.63, 3.8) is 0 Å². The van der Waals surface area contributed by atoms with Crippen LogP contribution in [0.5, 0.6) is 0 Å². The van der Waals surface area contributed by atoms with Crippen molar-refractivity contribution in [2.24, 2.45) is 0 Å². The van der Waals surface area contributed by atoms with Crippen molar-refractivity contribution in [1.29, 1.82) is 0 Å². The summed E-state index contributed by atoms with van der Waals surface area (Å²) in [6, 6.07) is 11.5. The lowest BCUT2D eigenvalue weighted by Crippen LogP contribution is -2.19. The van der Waals surface area contributed by atoms with E-state index in [1.807, 2.05) is 36.4 Å². The van der Waals surface area contributed by atoms with Crippen LogP contribution in [0.3, 0.4) is 0 Å². The van der Waals surface area contributed by atoms with Crippen LogP contribution in [0.1, 0.15) is 18.4 Å². The molecular formula is C17H18N4O. The van der Waals surface area contributed by atoms with Gasteiger partial charge in [-0.25, -0.2) is 9.97 Å². The molecule has 2 heterocycles. The molecule has 5 nitrogen and oxygen atoms in total. The second kappa shape index (κ2) is 6.85. The molecular weight excluding hydrogens is 276 g/mol. The van der Waals surface area contributed by atoms with Crippen LogP contribution in [-0.4, -0.2) is 29.0 Å². The van der Waals surface area contributed by atoms with Gasteiger partial charge in [-0.15, -0.1) is 0 Å². The van der Waals surface area contributed by atoms with Gasteiger partial charge in [-0.05, 0) is 24.5 Å². The molecule has 0 unspecified atom stereocenters. The Morgan fingerprint density at radius 2 is 1.91 bits per heavy atom. The predicted molar refractivity (Wildman–Crippen MR) is 87.6 cm³/mol. The van der Waals surface area contributed by atoms with Crippen molar-refractivity contribution in [2.75, 3.05) is 23.3 Å². The maximum absolute atomic E-state index is 11.9. The SMILES string of the molecule is O=C(/C=C/c1ccccc1)Nc1cc(N2CCCC2)ncn1. The summed E-state index contributed by atoms with van der Waals surface area (Å²) in [5.41, 5.74) is 0.984. The fourth-order valence-electron chi connectivity index (χ4n) is 2.44. The lowest BCUT2D eigenvalue weighted by Gasteiger charge is -2.16. The van der Waals surface area contributed by atoms with Crippen LogP contribution in [0.2, 0.25) is 0 Å². The maximum atomic E-state index is 11.9. The summed E-state index contributed by atoms with van der Waals surface area (Å²) in [4.78, 5) is 22.5. The van der Waals surface area contributed by atoms with Crippen molar-refractivity contribution < 1.29 is 4.79 Å². The van der Waals surface area contributed by atoms with Gasteiger partial charge in [0.25, 0.3) is 0 Å². The third kappa shape index (κ3) is 3.69. The Morgan fingerprint density at radius 1 is 1.14 bits per heavy atom. The fraction of sp³-hybridized carbons (Fsp3) is 0.235. The summed E-state index contributed by atoms with van der Waals surface area (Å²) < 4.78 is 0. The Hall–Kier alpha value is -2.69. The Kier molecular flexibility index (Phi) is 4.44. The number of aromatic nitrogens is 2. The number of hydrogen-bond donors (Lipinski definition) is 1. The van der Waals surface area contributed by atoms with Crippen LogP contribution in [0.4, 0.5) is 11.6 Å². The minimum Gasteiger partial charge on any atom is -0.356 e. The van der Waals surface area contributed by atoms with E-state index in [-0.39, 0.29) is 5.91 Å². The zero-order valence-corrected chi connectivity index (χ0v) is 12.3. The number of benzene rings is 1. The highest BCUT2D eigenvalue weighted by molar-refractivity contribution is 6.01. The van der Waals surface area contributed by atoms with Crippen molar-refractivity contribution in [2.45, 2.75) is 12.8 Å². The molecule has 0 bridgehead atoms. The fourth-order valence-corrected chi connectivity index (χ4v) is 2.44. The van der Waals surface area contributed by atoms with Gasteiger partial charge >= 0.3 is 0 Å². The number of rotatable bonds is 4. The Bertz CT molecular complexity index is 663. The standard InChI is InChI=1S/C17H18N4O/c22-17(9-8-14-6-2-1-3-7-14)20-15-12-16(19-13-18-15)21-10-4-5-11-21/h1-3,6-9,12-13H,4-5,10-11H2,(H,18,19,20,22)/b9-8+. The third-order valence-corrected chi connectivity index (χ3v) is 3.56. The van der Waals surface area contributed by atoms with Crippen LogP contribution in [0.25, 0.3) is 6.08 Å². The number of carbonyl (C=O) groups excluding carboxylic acids is 1. The topological polar surface area (TPSA) is 58.1 Å². The summed E-state index contributed by atoms with van der Waals surface area (Å²) in [7, 11) is 0. The first-order valence-electron chi connectivity index (χ1n) is 7.42. The molecule has 1 fully saturated rings. The van der Waals surface area contributed by atoms with E-state index in [4.69, 9.17) is 0 Å². The number of carbonyl (C=O) groups is 1. The lowest BCUT2D eigenvalue weighted by atomic mass is 10.2. The summed E-state index contributed by atoms with van der Waals surface area (Å²) in [5, 5.41) is 2.77. The van der Waals surface area contributed by atoms with Gasteiger partial charge in [0, 0.05) is 25.2 Å². The summed E-state index contributed by atoms with van der Waals surface area (Å²) in [6.45, 7) is 2.02. The van der Waals surface area contributed by atoms with Crippen molar-refractivity contribution in [3.8, 4) is 0 Å². The van der Waals surface area contributed by atoms with Gasteiger partial charge in [0.1, 0.15) is 18.0 Å². The Labute approximate surface area is 129 Å². The van der Waals surface area contributed by atoms with Gasteiger partial charge in [-0.1, -0.05) is 30.3 Å². The van der Waals surface area contributed by atoms with E-state index in [0.29, 0.717) is 5.82 Å². The zero-order valence-electron chi connectivity index (χ0n) is 12.3. The van der Waals surface area contributed by atoms with E-state index in [1.54, 1.807) is 6.08 Å². The first kappa shape index (κ1) is 14.3. The van der Waals surface area contributed by atoms with Crippen LogP contribution in [0, 0.1) is 0 Å². The number of hydrogen-bond acceptors (Lipinski definition) is 4. The number of nitrogens with zero attached hydrogens (tertiary/aromatic N) is 3. The zero-order chi connectivity index (χ0) is 15.2. The predicted octanol–water partition coefficient (Wildman–Crippen LogP) is 2.73. The monoisotopic (exact) mass is 294 g/mol. The van der Waals surface area contributed by atoms with Crippen molar-refractivity contribution in [1.82, 2.24) is 9.97 Å². The lowest BCUT2D eigenvalue weighted by molar-refractivity contribution is -0.111. The summed E-state index contributed by atoms with van der Waals surface area (Å²) >= 11 is 0. The molecule has 3 rings (SSSR count). The smallest absolute Gasteiger partial charge is 0.249 e. The van der Waals surface area contributed by atoms with Crippen LogP contribution in [-0.2, 0) is 4.79 Å². The van der Waals surface area contributed by atoms with E-state index in [2.05, 4.69) is 20.2 Å².